The van der Waals surface area contributed by atoms with Crippen molar-refractivity contribution in [2.45, 2.75) is 12.3 Å². The van der Waals surface area contributed by atoms with Gasteiger partial charge in [0.15, 0.2) is 0 Å². The number of rotatable bonds is 2. The molecule has 0 bridgehead atoms. The van der Waals surface area contributed by atoms with E-state index in [2.05, 4.69) is 22.0 Å². The van der Waals surface area contributed by atoms with Gasteiger partial charge in [0.1, 0.15) is 0 Å². The molecule has 2 aromatic rings. The third kappa shape index (κ3) is 3.25. The Hall–Kier alpha value is -0.500. The van der Waals surface area contributed by atoms with Gasteiger partial charge in [0.2, 0.25) is 0 Å². The lowest BCUT2D eigenvalue weighted by Crippen LogP contribution is -1.93. The second-order valence-corrected chi connectivity index (χ2v) is 5.76. The van der Waals surface area contributed by atoms with E-state index in [-0.39, 0.29) is 5.38 Å². The number of alkyl halides is 1. The van der Waals surface area contributed by atoms with E-state index < -0.39 is 0 Å². The fourth-order valence-electron chi connectivity index (χ4n) is 1.74. The van der Waals surface area contributed by atoms with E-state index >= 15 is 0 Å². The molecule has 1 unspecified atom stereocenters. The Morgan fingerprint density at radius 2 is 1.65 bits per heavy atom. The third-order valence-corrected chi connectivity index (χ3v) is 3.77. The minimum absolute atomic E-state index is 0.166. The summed E-state index contributed by atoms with van der Waals surface area (Å²) in [4.78, 5) is 0. The van der Waals surface area contributed by atoms with Crippen molar-refractivity contribution in [3.63, 3.8) is 0 Å². The van der Waals surface area contributed by atoms with E-state index in [1.54, 1.807) is 0 Å². The zero-order chi connectivity index (χ0) is 12.4. The summed E-state index contributed by atoms with van der Waals surface area (Å²) in [5.74, 6) is 0. The van der Waals surface area contributed by atoms with Crippen LogP contribution in [-0.2, 0) is 0 Å². The quantitative estimate of drug-likeness (QED) is 0.616. The fourth-order valence-corrected chi connectivity index (χ4v) is 2.57. The molecule has 0 saturated heterocycles. The van der Waals surface area contributed by atoms with Gasteiger partial charge in [0.25, 0.3) is 0 Å². The molecule has 0 spiro atoms. The maximum Gasteiger partial charge on any atom is 0.0836 e. The summed E-state index contributed by atoms with van der Waals surface area (Å²) in [5, 5.41) is 0.559. The Morgan fingerprint density at radius 3 is 2.24 bits per heavy atom. The van der Waals surface area contributed by atoms with Crippen LogP contribution in [-0.4, -0.2) is 0 Å². The van der Waals surface area contributed by atoms with E-state index in [1.807, 2.05) is 43.3 Å². The van der Waals surface area contributed by atoms with Gasteiger partial charge in [0, 0.05) is 9.50 Å². The van der Waals surface area contributed by atoms with Crippen LogP contribution in [0.2, 0.25) is 5.02 Å². The summed E-state index contributed by atoms with van der Waals surface area (Å²) < 4.78 is 1.05. The van der Waals surface area contributed by atoms with Gasteiger partial charge < -0.3 is 0 Å². The van der Waals surface area contributed by atoms with E-state index in [0.717, 1.165) is 26.2 Å². The Bertz CT molecular complexity index is 500. The van der Waals surface area contributed by atoms with Crippen molar-refractivity contribution in [1.82, 2.24) is 0 Å². The molecular weight excluding hydrogens is 319 g/mol. The summed E-state index contributed by atoms with van der Waals surface area (Å²) in [6.07, 6.45) is 0. The van der Waals surface area contributed by atoms with E-state index in [9.17, 15) is 0 Å². The second kappa shape index (κ2) is 5.43. The zero-order valence-electron chi connectivity index (χ0n) is 9.25. The SMILES string of the molecule is Cc1cc(Cl)cc(C(Cl)c2ccc(Br)cc2)c1. The summed E-state index contributed by atoms with van der Waals surface area (Å²) in [5.41, 5.74) is 3.21. The van der Waals surface area contributed by atoms with Gasteiger partial charge in [-0.2, -0.15) is 0 Å². The molecule has 0 aliphatic rings. The maximum atomic E-state index is 6.45. The van der Waals surface area contributed by atoms with Gasteiger partial charge in [-0.15, -0.1) is 11.6 Å². The molecule has 0 aromatic heterocycles. The molecule has 0 nitrogen and oxygen atoms in total. The Balaban J connectivity index is 2.36. The first kappa shape index (κ1) is 12.9. The number of benzene rings is 2. The Morgan fingerprint density at radius 1 is 1.00 bits per heavy atom. The first-order chi connectivity index (χ1) is 8.06. The molecule has 88 valence electrons. The first-order valence-electron chi connectivity index (χ1n) is 5.23. The molecular formula is C14H11BrCl2. The van der Waals surface area contributed by atoms with Crippen molar-refractivity contribution in [3.05, 3.63) is 68.7 Å². The molecule has 17 heavy (non-hydrogen) atoms. The van der Waals surface area contributed by atoms with Crippen molar-refractivity contribution < 1.29 is 0 Å². The van der Waals surface area contributed by atoms with Gasteiger partial charge in [-0.05, 0) is 47.9 Å². The molecule has 0 aliphatic heterocycles. The highest BCUT2D eigenvalue weighted by atomic mass is 79.9. The van der Waals surface area contributed by atoms with Crippen LogP contribution >= 0.6 is 39.1 Å². The molecule has 2 aromatic carbocycles. The highest BCUT2D eigenvalue weighted by molar-refractivity contribution is 9.10. The number of hydrogen-bond acceptors (Lipinski definition) is 0. The predicted octanol–water partition coefficient (Wildman–Crippen LogP) is 5.74. The number of aryl methyl sites for hydroxylation is 1. The van der Waals surface area contributed by atoms with Crippen LogP contribution in [0.4, 0.5) is 0 Å². The average molecular weight is 330 g/mol. The van der Waals surface area contributed by atoms with Crippen LogP contribution in [0, 0.1) is 6.92 Å². The lowest BCUT2D eigenvalue weighted by molar-refractivity contribution is 1.13. The Labute approximate surface area is 120 Å². The first-order valence-corrected chi connectivity index (χ1v) is 6.83. The van der Waals surface area contributed by atoms with Gasteiger partial charge >= 0.3 is 0 Å². The van der Waals surface area contributed by atoms with Crippen molar-refractivity contribution in [1.29, 1.82) is 0 Å². The molecule has 1 atom stereocenters. The van der Waals surface area contributed by atoms with Crippen LogP contribution in [0.15, 0.2) is 46.9 Å². The predicted molar refractivity (Wildman–Crippen MR) is 78.0 cm³/mol. The molecule has 0 N–H and O–H groups in total. The molecule has 0 radical (unpaired) electrons. The smallest absolute Gasteiger partial charge is 0.0836 e. The fraction of sp³-hybridized carbons (Fsp3) is 0.143. The molecule has 0 saturated carbocycles. The standard InChI is InChI=1S/C14H11BrCl2/c1-9-6-11(8-13(16)7-9)14(17)10-2-4-12(15)5-3-10/h2-8,14H,1H3. The monoisotopic (exact) mass is 328 g/mol. The lowest BCUT2D eigenvalue weighted by atomic mass is 10.0. The van der Waals surface area contributed by atoms with Crippen molar-refractivity contribution >= 4 is 39.1 Å². The van der Waals surface area contributed by atoms with Gasteiger partial charge in [-0.3, -0.25) is 0 Å². The zero-order valence-corrected chi connectivity index (χ0v) is 12.4. The number of halogens is 3. The van der Waals surface area contributed by atoms with Crippen LogP contribution in [0.3, 0.4) is 0 Å². The molecule has 0 amide bonds. The third-order valence-electron chi connectivity index (χ3n) is 2.52. The largest absolute Gasteiger partial charge is 0.113 e. The summed E-state index contributed by atoms with van der Waals surface area (Å²) in [7, 11) is 0. The number of hydrogen-bond donors (Lipinski definition) is 0. The van der Waals surface area contributed by atoms with Crippen LogP contribution in [0.25, 0.3) is 0 Å². The second-order valence-electron chi connectivity index (χ2n) is 3.98. The van der Waals surface area contributed by atoms with Crippen molar-refractivity contribution in [2.24, 2.45) is 0 Å². The molecule has 0 fully saturated rings. The van der Waals surface area contributed by atoms with Crippen molar-refractivity contribution in [2.75, 3.05) is 0 Å². The van der Waals surface area contributed by atoms with Gasteiger partial charge in [0.05, 0.1) is 5.38 Å². The summed E-state index contributed by atoms with van der Waals surface area (Å²) in [6, 6.07) is 13.9. The minimum atomic E-state index is -0.166. The van der Waals surface area contributed by atoms with Crippen LogP contribution in [0.5, 0.6) is 0 Å². The van der Waals surface area contributed by atoms with Crippen LogP contribution < -0.4 is 0 Å². The minimum Gasteiger partial charge on any atom is -0.113 e. The molecule has 0 heterocycles. The summed E-state index contributed by atoms with van der Waals surface area (Å²) in [6.45, 7) is 2.01. The molecule has 3 heteroatoms. The summed E-state index contributed by atoms with van der Waals surface area (Å²) >= 11 is 15.9. The van der Waals surface area contributed by atoms with Gasteiger partial charge in [-0.25, -0.2) is 0 Å². The highest BCUT2D eigenvalue weighted by Crippen LogP contribution is 2.31. The molecule has 2 rings (SSSR count). The van der Waals surface area contributed by atoms with Crippen LogP contribution in [0.1, 0.15) is 22.1 Å². The normalized spacial score (nSPS) is 12.5. The Kier molecular flexibility index (Phi) is 4.13. The maximum absolute atomic E-state index is 6.45. The van der Waals surface area contributed by atoms with E-state index in [0.29, 0.717) is 0 Å². The lowest BCUT2D eigenvalue weighted by Gasteiger charge is -2.12. The average Bonchev–Trinajstić information content (AvgIpc) is 2.28. The van der Waals surface area contributed by atoms with Gasteiger partial charge in [-0.1, -0.05) is 45.7 Å². The molecule has 0 aliphatic carbocycles. The highest BCUT2D eigenvalue weighted by Gasteiger charge is 2.11. The van der Waals surface area contributed by atoms with Crippen molar-refractivity contribution in [3.8, 4) is 0 Å². The van der Waals surface area contributed by atoms with E-state index in [1.165, 1.54) is 0 Å². The van der Waals surface area contributed by atoms with E-state index in [4.69, 9.17) is 23.2 Å². The topological polar surface area (TPSA) is 0 Å².